The van der Waals surface area contributed by atoms with Gasteiger partial charge in [-0.3, -0.25) is 4.98 Å². The summed E-state index contributed by atoms with van der Waals surface area (Å²) in [5.74, 6) is -0.430. The average molecular weight is 282 g/mol. The molecule has 0 saturated carbocycles. The zero-order valence-electron chi connectivity index (χ0n) is 11.8. The highest BCUT2D eigenvalue weighted by atomic mass is 16.5. The SMILES string of the molecule is COC(=O)c1cc(CN=[N+]=[N-])cc(-c2cnccc2C)c1. The van der Waals surface area contributed by atoms with E-state index in [-0.39, 0.29) is 6.54 Å². The molecule has 0 radical (unpaired) electrons. The summed E-state index contributed by atoms with van der Waals surface area (Å²) in [7, 11) is 1.33. The molecule has 6 heteroatoms. The number of aromatic nitrogens is 1. The van der Waals surface area contributed by atoms with Crippen LogP contribution < -0.4 is 0 Å². The highest BCUT2D eigenvalue weighted by Crippen LogP contribution is 2.25. The Balaban J connectivity index is 2.56. The molecule has 0 amide bonds. The minimum Gasteiger partial charge on any atom is -0.465 e. The van der Waals surface area contributed by atoms with E-state index >= 15 is 0 Å². The Morgan fingerprint density at radius 2 is 2.24 bits per heavy atom. The molecule has 21 heavy (non-hydrogen) atoms. The van der Waals surface area contributed by atoms with Crippen LogP contribution in [0.1, 0.15) is 21.5 Å². The van der Waals surface area contributed by atoms with Crippen molar-refractivity contribution in [3.8, 4) is 11.1 Å². The Bertz CT molecular complexity index is 721. The van der Waals surface area contributed by atoms with Gasteiger partial charge in [0, 0.05) is 22.9 Å². The van der Waals surface area contributed by atoms with E-state index in [1.165, 1.54) is 7.11 Å². The number of carbonyl (C=O) groups is 1. The van der Waals surface area contributed by atoms with Gasteiger partial charge in [-0.05, 0) is 47.3 Å². The van der Waals surface area contributed by atoms with Crippen LogP contribution in [0.3, 0.4) is 0 Å². The summed E-state index contributed by atoms with van der Waals surface area (Å²) in [4.78, 5) is 18.6. The first-order chi connectivity index (χ1) is 10.2. The summed E-state index contributed by atoms with van der Waals surface area (Å²) in [6, 6.07) is 7.18. The number of ether oxygens (including phenoxy) is 1. The topological polar surface area (TPSA) is 88.0 Å². The lowest BCUT2D eigenvalue weighted by molar-refractivity contribution is 0.0600. The maximum atomic E-state index is 11.8. The van der Waals surface area contributed by atoms with Crippen LogP contribution in [0.4, 0.5) is 0 Å². The summed E-state index contributed by atoms with van der Waals surface area (Å²) >= 11 is 0. The Hall–Kier alpha value is -2.85. The minimum absolute atomic E-state index is 0.174. The lowest BCUT2D eigenvalue weighted by Crippen LogP contribution is -2.03. The molecule has 0 aliphatic carbocycles. The Labute approximate surface area is 122 Å². The molecular formula is C15H14N4O2. The molecule has 1 aromatic carbocycles. The van der Waals surface area contributed by atoms with Crippen LogP contribution in [0.2, 0.25) is 0 Å². The quantitative estimate of drug-likeness (QED) is 0.371. The number of pyridine rings is 1. The van der Waals surface area contributed by atoms with E-state index in [1.807, 2.05) is 19.1 Å². The van der Waals surface area contributed by atoms with Crippen molar-refractivity contribution in [3.05, 3.63) is 63.8 Å². The number of esters is 1. The summed E-state index contributed by atoms with van der Waals surface area (Å²) in [5.41, 5.74) is 12.4. The lowest BCUT2D eigenvalue weighted by Gasteiger charge is -2.09. The number of carbonyl (C=O) groups excluding carboxylic acids is 1. The predicted molar refractivity (Wildman–Crippen MR) is 78.6 cm³/mol. The van der Waals surface area contributed by atoms with Gasteiger partial charge in [0.05, 0.1) is 19.2 Å². The van der Waals surface area contributed by atoms with Gasteiger partial charge in [0.25, 0.3) is 0 Å². The Morgan fingerprint density at radius 1 is 1.43 bits per heavy atom. The molecule has 0 spiro atoms. The maximum Gasteiger partial charge on any atom is 0.337 e. The maximum absolute atomic E-state index is 11.8. The molecule has 106 valence electrons. The zero-order chi connectivity index (χ0) is 15.2. The smallest absolute Gasteiger partial charge is 0.337 e. The van der Waals surface area contributed by atoms with E-state index < -0.39 is 5.97 Å². The van der Waals surface area contributed by atoms with Gasteiger partial charge in [0.1, 0.15) is 0 Å². The second-order valence-corrected chi connectivity index (χ2v) is 4.49. The molecule has 0 bridgehead atoms. The zero-order valence-corrected chi connectivity index (χ0v) is 11.8. The van der Waals surface area contributed by atoms with E-state index in [0.717, 1.165) is 22.3 Å². The number of hydrogen-bond donors (Lipinski definition) is 0. The van der Waals surface area contributed by atoms with Crippen molar-refractivity contribution in [1.29, 1.82) is 0 Å². The second-order valence-electron chi connectivity index (χ2n) is 4.49. The molecule has 1 aromatic heterocycles. The molecule has 0 unspecified atom stereocenters. The molecule has 1 heterocycles. The van der Waals surface area contributed by atoms with Gasteiger partial charge in [-0.25, -0.2) is 4.79 Å². The van der Waals surface area contributed by atoms with Crippen LogP contribution in [0, 0.1) is 6.92 Å². The number of azide groups is 1. The molecule has 2 rings (SSSR count). The second kappa shape index (κ2) is 6.54. The standard InChI is InChI=1S/C15H14N4O2/c1-10-3-4-17-9-14(10)12-5-11(8-18-19-16)6-13(7-12)15(20)21-2/h3-7,9H,8H2,1-2H3. The van der Waals surface area contributed by atoms with Gasteiger partial charge in [-0.15, -0.1) is 0 Å². The monoisotopic (exact) mass is 282 g/mol. The Morgan fingerprint density at radius 3 is 2.90 bits per heavy atom. The van der Waals surface area contributed by atoms with E-state index in [4.69, 9.17) is 10.3 Å². The fourth-order valence-electron chi connectivity index (χ4n) is 2.05. The minimum atomic E-state index is -0.430. The molecule has 6 nitrogen and oxygen atoms in total. The fraction of sp³-hybridized carbons (Fsp3) is 0.200. The summed E-state index contributed by atoms with van der Waals surface area (Å²) in [5, 5.41) is 3.54. The highest BCUT2D eigenvalue weighted by molar-refractivity contribution is 5.91. The molecule has 0 N–H and O–H groups in total. The number of hydrogen-bond acceptors (Lipinski definition) is 4. The highest BCUT2D eigenvalue weighted by Gasteiger charge is 2.11. The van der Waals surface area contributed by atoms with Crippen LogP contribution in [0.5, 0.6) is 0 Å². The fourth-order valence-corrected chi connectivity index (χ4v) is 2.05. The molecule has 0 aliphatic heterocycles. The van der Waals surface area contributed by atoms with Crippen molar-refractivity contribution in [2.24, 2.45) is 5.11 Å². The predicted octanol–water partition coefficient (Wildman–Crippen LogP) is 3.65. The van der Waals surface area contributed by atoms with Gasteiger partial charge in [0.15, 0.2) is 0 Å². The largest absolute Gasteiger partial charge is 0.465 e. The van der Waals surface area contributed by atoms with Crippen molar-refractivity contribution in [2.75, 3.05) is 7.11 Å². The van der Waals surface area contributed by atoms with Crippen LogP contribution in [-0.4, -0.2) is 18.1 Å². The van der Waals surface area contributed by atoms with Gasteiger partial charge in [0.2, 0.25) is 0 Å². The van der Waals surface area contributed by atoms with E-state index in [2.05, 4.69) is 15.0 Å². The van der Waals surface area contributed by atoms with Crippen molar-refractivity contribution >= 4 is 5.97 Å². The number of methoxy groups -OCH3 is 1. The molecule has 0 saturated heterocycles. The molecule has 0 fully saturated rings. The summed E-state index contributed by atoms with van der Waals surface area (Å²) in [6.45, 7) is 2.14. The van der Waals surface area contributed by atoms with E-state index in [1.54, 1.807) is 24.5 Å². The first-order valence-electron chi connectivity index (χ1n) is 6.30. The van der Waals surface area contributed by atoms with Gasteiger partial charge in [-0.1, -0.05) is 11.2 Å². The lowest BCUT2D eigenvalue weighted by atomic mass is 9.98. The van der Waals surface area contributed by atoms with Crippen LogP contribution in [-0.2, 0) is 11.3 Å². The van der Waals surface area contributed by atoms with Crippen molar-refractivity contribution in [1.82, 2.24) is 4.98 Å². The third-order valence-electron chi connectivity index (χ3n) is 3.08. The van der Waals surface area contributed by atoms with Gasteiger partial charge < -0.3 is 4.74 Å². The van der Waals surface area contributed by atoms with E-state index in [0.29, 0.717) is 5.56 Å². The van der Waals surface area contributed by atoms with Gasteiger partial charge in [-0.2, -0.15) is 0 Å². The third-order valence-corrected chi connectivity index (χ3v) is 3.08. The van der Waals surface area contributed by atoms with Crippen LogP contribution in [0.25, 0.3) is 21.6 Å². The number of rotatable bonds is 4. The molecule has 2 aromatic rings. The number of nitrogens with zero attached hydrogens (tertiary/aromatic N) is 4. The molecule has 0 aliphatic rings. The first kappa shape index (κ1) is 14.6. The summed E-state index contributed by atoms with van der Waals surface area (Å²) < 4.78 is 4.76. The van der Waals surface area contributed by atoms with Crippen LogP contribution in [0.15, 0.2) is 41.8 Å². The Kier molecular flexibility index (Phi) is 4.53. The first-order valence-corrected chi connectivity index (χ1v) is 6.30. The number of aryl methyl sites for hydroxylation is 1. The normalized spacial score (nSPS) is 9.81. The summed E-state index contributed by atoms with van der Waals surface area (Å²) in [6.07, 6.45) is 3.45. The third kappa shape index (κ3) is 3.38. The van der Waals surface area contributed by atoms with E-state index in [9.17, 15) is 4.79 Å². The van der Waals surface area contributed by atoms with Crippen molar-refractivity contribution in [2.45, 2.75) is 13.5 Å². The van der Waals surface area contributed by atoms with Crippen molar-refractivity contribution in [3.63, 3.8) is 0 Å². The number of benzene rings is 1. The molecule has 0 atom stereocenters. The van der Waals surface area contributed by atoms with Crippen LogP contribution >= 0.6 is 0 Å². The van der Waals surface area contributed by atoms with Gasteiger partial charge >= 0.3 is 5.97 Å². The average Bonchev–Trinajstić information content (AvgIpc) is 2.52. The van der Waals surface area contributed by atoms with Crippen molar-refractivity contribution < 1.29 is 9.53 Å². The molecular weight excluding hydrogens is 268 g/mol.